The first-order valence-corrected chi connectivity index (χ1v) is 6.67. The van der Waals surface area contributed by atoms with Crippen molar-refractivity contribution in [2.75, 3.05) is 6.26 Å². The molecule has 0 atom stereocenters. The summed E-state index contributed by atoms with van der Waals surface area (Å²) in [4.78, 5) is 0.0927. The number of benzene rings is 1. The molecule has 4 nitrogen and oxygen atoms in total. The van der Waals surface area contributed by atoms with Gasteiger partial charge in [0.25, 0.3) is 0 Å². The second-order valence-electron chi connectivity index (χ2n) is 3.24. The fourth-order valence-corrected chi connectivity index (χ4v) is 2.05. The molecule has 0 N–H and O–H groups in total. The van der Waals surface area contributed by atoms with Crippen molar-refractivity contribution in [1.82, 2.24) is 0 Å². The molecule has 86 valence electrons. The van der Waals surface area contributed by atoms with Gasteiger partial charge >= 0.3 is 0 Å². The average molecular weight is 267 g/mol. The van der Waals surface area contributed by atoms with Gasteiger partial charge in [-0.1, -0.05) is 17.7 Å². The van der Waals surface area contributed by atoms with Crippen molar-refractivity contribution >= 4 is 27.5 Å². The Morgan fingerprint density at radius 1 is 1.35 bits per heavy atom. The third-order valence-electron chi connectivity index (χ3n) is 1.94. The highest BCUT2D eigenvalue weighted by Crippen LogP contribution is 2.22. The Hall–Kier alpha value is -1.82. The van der Waals surface area contributed by atoms with Gasteiger partial charge in [0.2, 0.25) is 0 Å². The van der Waals surface area contributed by atoms with Crippen LogP contribution in [0.4, 0.5) is 0 Å². The van der Waals surface area contributed by atoms with Gasteiger partial charge in [0, 0.05) is 11.3 Å². The Balaban J connectivity index is 3.32. The molecule has 0 bridgehead atoms. The van der Waals surface area contributed by atoms with E-state index >= 15 is 0 Å². The van der Waals surface area contributed by atoms with Gasteiger partial charge in [-0.2, -0.15) is 10.5 Å². The molecule has 0 saturated carbocycles. The second-order valence-corrected chi connectivity index (χ2v) is 5.66. The minimum atomic E-state index is -3.32. The van der Waals surface area contributed by atoms with E-state index in [-0.39, 0.29) is 15.5 Å². The van der Waals surface area contributed by atoms with Crippen molar-refractivity contribution in [2.24, 2.45) is 0 Å². The van der Waals surface area contributed by atoms with Crippen LogP contribution in [0.15, 0.2) is 28.7 Å². The average Bonchev–Trinajstić information content (AvgIpc) is 2.26. The SMILES string of the molecule is CS(=O)(=O)c1ccc(C=C(C#N)C#N)c(Cl)c1. The number of allylic oxidation sites excluding steroid dienone is 1. The van der Waals surface area contributed by atoms with E-state index in [4.69, 9.17) is 22.1 Å². The first-order valence-electron chi connectivity index (χ1n) is 4.40. The molecular weight excluding hydrogens is 260 g/mol. The van der Waals surface area contributed by atoms with E-state index in [1.165, 1.54) is 24.3 Å². The Bertz CT molecular complexity index is 648. The van der Waals surface area contributed by atoms with Crippen LogP contribution in [-0.4, -0.2) is 14.7 Å². The summed E-state index contributed by atoms with van der Waals surface area (Å²) >= 11 is 5.87. The highest BCUT2D eigenvalue weighted by molar-refractivity contribution is 7.90. The summed E-state index contributed by atoms with van der Waals surface area (Å²) in [5, 5.41) is 17.3. The third kappa shape index (κ3) is 3.32. The van der Waals surface area contributed by atoms with E-state index in [1.54, 1.807) is 12.1 Å². The fraction of sp³-hybridized carbons (Fsp3) is 0.0909. The zero-order valence-corrected chi connectivity index (χ0v) is 10.4. The van der Waals surface area contributed by atoms with Crippen molar-refractivity contribution in [3.63, 3.8) is 0 Å². The molecule has 0 spiro atoms. The molecule has 0 radical (unpaired) electrons. The summed E-state index contributed by atoms with van der Waals surface area (Å²) < 4.78 is 22.5. The Kier molecular flexibility index (Phi) is 3.90. The number of nitrogens with zero attached hydrogens (tertiary/aromatic N) is 2. The monoisotopic (exact) mass is 266 g/mol. The smallest absolute Gasteiger partial charge is 0.175 e. The normalized spacial score (nSPS) is 10.1. The Morgan fingerprint density at radius 2 is 1.94 bits per heavy atom. The van der Waals surface area contributed by atoms with Crippen molar-refractivity contribution in [3.05, 3.63) is 34.4 Å². The molecule has 0 unspecified atom stereocenters. The Labute approximate surface area is 104 Å². The van der Waals surface area contributed by atoms with E-state index in [1.807, 2.05) is 0 Å². The van der Waals surface area contributed by atoms with Gasteiger partial charge in [0.15, 0.2) is 9.84 Å². The second kappa shape index (κ2) is 5.01. The highest BCUT2D eigenvalue weighted by Gasteiger charge is 2.09. The third-order valence-corrected chi connectivity index (χ3v) is 3.38. The van der Waals surface area contributed by atoms with Gasteiger partial charge in [-0.05, 0) is 23.8 Å². The van der Waals surface area contributed by atoms with Crippen LogP contribution in [0.2, 0.25) is 5.02 Å². The molecule has 1 aromatic carbocycles. The van der Waals surface area contributed by atoms with Crippen LogP contribution in [0.25, 0.3) is 6.08 Å². The molecule has 0 aliphatic heterocycles. The minimum Gasteiger partial charge on any atom is -0.224 e. The molecule has 0 aliphatic rings. The lowest BCUT2D eigenvalue weighted by atomic mass is 10.1. The van der Waals surface area contributed by atoms with Crippen molar-refractivity contribution < 1.29 is 8.42 Å². The molecule has 0 fully saturated rings. The summed E-state index contributed by atoms with van der Waals surface area (Å²) in [6.07, 6.45) is 2.37. The van der Waals surface area contributed by atoms with Crippen molar-refractivity contribution in [1.29, 1.82) is 10.5 Å². The number of nitriles is 2. The first-order chi connectivity index (χ1) is 7.88. The molecule has 0 saturated heterocycles. The summed E-state index contributed by atoms with van der Waals surface area (Å²) in [7, 11) is -3.32. The first kappa shape index (κ1) is 13.2. The lowest BCUT2D eigenvalue weighted by molar-refractivity contribution is 0.602. The lowest BCUT2D eigenvalue weighted by Gasteiger charge is -2.02. The highest BCUT2D eigenvalue weighted by atomic mass is 35.5. The fourth-order valence-electron chi connectivity index (χ4n) is 1.10. The van der Waals surface area contributed by atoms with E-state index < -0.39 is 9.84 Å². The van der Waals surface area contributed by atoms with E-state index in [0.29, 0.717) is 5.56 Å². The van der Waals surface area contributed by atoms with Gasteiger partial charge in [0.05, 0.1) is 4.90 Å². The molecule has 0 heterocycles. The molecule has 0 amide bonds. The molecule has 1 aromatic rings. The van der Waals surface area contributed by atoms with E-state index in [2.05, 4.69) is 0 Å². The minimum absolute atomic E-state index is 0.0927. The molecule has 0 aromatic heterocycles. The van der Waals surface area contributed by atoms with Gasteiger partial charge in [-0.3, -0.25) is 0 Å². The maximum Gasteiger partial charge on any atom is 0.175 e. The van der Waals surface area contributed by atoms with Crippen LogP contribution in [0, 0.1) is 22.7 Å². The maximum atomic E-state index is 11.3. The summed E-state index contributed by atoms with van der Waals surface area (Å²) in [5.41, 5.74) is 0.330. The largest absolute Gasteiger partial charge is 0.224 e. The summed E-state index contributed by atoms with van der Waals surface area (Å²) in [6.45, 7) is 0. The summed E-state index contributed by atoms with van der Waals surface area (Å²) in [5.74, 6) is 0. The molecule has 6 heteroatoms. The van der Waals surface area contributed by atoms with E-state index in [0.717, 1.165) is 6.26 Å². The molecule has 0 aliphatic carbocycles. The van der Waals surface area contributed by atoms with Gasteiger partial charge in [0.1, 0.15) is 17.7 Å². The molecule has 17 heavy (non-hydrogen) atoms. The van der Waals surface area contributed by atoms with Crippen molar-refractivity contribution in [3.8, 4) is 12.1 Å². The zero-order valence-electron chi connectivity index (χ0n) is 8.81. The number of sulfone groups is 1. The van der Waals surface area contributed by atoms with Crippen LogP contribution in [0.1, 0.15) is 5.56 Å². The zero-order chi connectivity index (χ0) is 13.1. The van der Waals surface area contributed by atoms with Crippen LogP contribution < -0.4 is 0 Å². The summed E-state index contributed by atoms with van der Waals surface area (Å²) in [6, 6.07) is 7.50. The molecular formula is C11H7ClN2O2S. The van der Waals surface area contributed by atoms with Crippen molar-refractivity contribution in [2.45, 2.75) is 4.90 Å². The lowest BCUT2D eigenvalue weighted by Crippen LogP contribution is -1.96. The predicted octanol–water partition coefficient (Wildman–Crippen LogP) is 2.17. The Morgan fingerprint density at radius 3 is 2.35 bits per heavy atom. The van der Waals surface area contributed by atoms with Gasteiger partial charge < -0.3 is 0 Å². The number of hydrogen-bond donors (Lipinski definition) is 0. The quantitative estimate of drug-likeness (QED) is 0.768. The van der Waals surface area contributed by atoms with Crippen LogP contribution >= 0.6 is 11.6 Å². The number of halogens is 1. The maximum absolute atomic E-state index is 11.3. The predicted molar refractivity (Wildman–Crippen MR) is 63.8 cm³/mol. The number of rotatable bonds is 2. The van der Waals surface area contributed by atoms with Crippen LogP contribution in [0.3, 0.4) is 0 Å². The molecule has 1 rings (SSSR count). The standard InChI is InChI=1S/C11H7ClN2O2S/c1-17(15,16)10-3-2-9(11(12)5-10)4-8(6-13)7-14/h2-5H,1H3. The van der Waals surface area contributed by atoms with Gasteiger partial charge in [-0.15, -0.1) is 0 Å². The number of hydrogen-bond acceptors (Lipinski definition) is 4. The van der Waals surface area contributed by atoms with E-state index in [9.17, 15) is 8.42 Å². The van der Waals surface area contributed by atoms with Crippen LogP contribution in [0.5, 0.6) is 0 Å². The van der Waals surface area contributed by atoms with Crippen LogP contribution in [-0.2, 0) is 9.84 Å². The van der Waals surface area contributed by atoms with Gasteiger partial charge in [-0.25, -0.2) is 8.42 Å². The topological polar surface area (TPSA) is 81.7 Å².